The minimum absolute atomic E-state index is 0.386. The van der Waals surface area contributed by atoms with Crippen LogP contribution in [0.3, 0.4) is 0 Å². The van der Waals surface area contributed by atoms with E-state index >= 15 is 0 Å². The fourth-order valence-corrected chi connectivity index (χ4v) is 1.35. The fourth-order valence-electron chi connectivity index (χ4n) is 0.997. The molecule has 84 valence electrons. The molecular formula is C9H13BrN2O3. The average Bonchev–Trinajstić information content (AvgIpc) is 2.29. The number of nitrogens with one attached hydrogen (secondary N) is 1. The number of halogens is 1. The molecule has 4 N–H and O–H groups in total. The van der Waals surface area contributed by atoms with Crippen LogP contribution >= 0.6 is 15.9 Å². The van der Waals surface area contributed by atoms with Crippen LogP contribution in [0.4, 0.5) is 5.82 Å². The van der Waals surface area contributed by atoms with Crippen LogP contribution in [0.2, 0.25) is 0 Å². The maximum absolute atomic E-state index is 9.10. The Kier molecular flexibility index (Phi) is 4.46. The third kappa shape index (κ3) is 2.88. The molecule has 0 aromatic carbocycles. The highest BCUT2D eigenvalue weighted by atomic mass is 79.9. The molecule has 0 aliphatic rings. The van der Waals surface area contributed by atoms with Gasteiger partial charge in [0.2, 0.25) is 0 Å². The number of anilines is 1. The van der Waals surface area contributed by atoms with Gasteiger partial charge in [0.25, 0.3) is 0 Å². The van der Waals surface area contributed by atoms with E-state index in [4.69, 9.17) is 15.3 Å². The Hall–Kier alpha value is -0.690. The number of hydrogen-bond donors (Lipinski definition) is 4. The van der Waals surface area contributed by atoms with Gasteiger partial charge in [-0.15, -0.1) is 0 Å². The van der Waals surface area contributed by atoms with Gasteiger partial charge >= 0.3 is 0 Å². The van der Waals surface area contributed by atoms with Crippen LogP contribution in [-0.2, 0) is 0 Å². The van der Waals surface area contributed by atoms with Crippen molar-refractivity contribution in [3.05, 3.63) is 22.8 Å². The van der Waals surface area contributed by atoms with Crippen LogP contribution in [0.25, 0.3) is 0 Å². The van der Waals surface area contributed by atoms with Gasteiger partial charge in [-0.25, -0.2) is 4.98 Å². The van der Waals surface area contributed by atoms with Crippen LogP contribution in [-0.4, -0.2) is 45.7 Å². The lowest BCUT2D eigenvalue weighted by Gasteiger charge is -2.29. The molecule has 1 rings (SSSR count). The molecule has 5 nitrogen and oxygen atoms in total. The zero-order valence-electron chi connectivity index (χ0n) is 8.02. The highest BCUT2D eigenvalue weighted by Crippen LogP contribution is 2.21. The number of aliphatic hydroxyl groups is 3. The third-order valence-electron chi connectivity index (χ3n) is 2.05. The van der Waals surface area contributed by atoms with Crippen molar-refractivity contribution >= 4 is 21.7 Å². The van der Waals surface area contributed by atoms with E-state index in [0.29, 0.717) is 10.3 Å². The second-order valence-electron chi connectivity index (χ2n) is 3.21. The Balaban J connectivity index is 2.88. The van der Waals surface area contributed by atoms with E-state index in [1.54, 1.807) is 18.3 Å². The van der Waals surface area contributed by atoms with Crippen molar-refractivity contribution in [2.24, 2.45) is 0 Å². The predicted octanol–water partition coefficient (Wildman–Crippen LogP) is -0.0283. The molecular weight excluding hydrogens is 264 g/mol. The van der Waals surface area contributed by atoms with Gasteiger partial charge in [0.1, 0.15) is 11.4 Å². The molecule has 0 aliphatic carbocycles. The molecule has 0 amide bonds. The summed E-state index contributed by atoms with van der Waals surface area (Å²) in [5.74, 6) is 0.467. The second-order valence-corrected chi connectivity index (χ2v) is 4.07. The lowest BCUT2D eigenvalue weighted by molar-refractivity contribution is 0.0830. The van der Waals surface area contributed by atoms with Crippen LogP contribution < -0.4 is 5.32 Å². The number of aliphatic hydroxyl groups excluding tert-OH is 3. The molecule has 0 bridgehead atoms. The van der Waals surface area contributed by atoms with Gasteiger partial charge in [0.15, 0.2) is 0 Å². The molecule has 1 aromatic heterocycles. The van der Waals surface area contributed by atoms with Crippen molar-refractivity contribution in [1.29, 1.82) is 0 Å². The zero-order valence-corrected chi connectivity index (χ0v) is 9.61. The predicted molar refractivity (Wildman–Crippen MR) is 59.5 cm³/mol. The van der Waals surface area contributed by atoms with Gasteiger partial charge in [0.05, 0.1) is 24.3 Å². The summed E-state index contributed by atoms with van der Waals surface area (Å²) in [7, 11) is 0. The largest absolute Gasteiger partial charge is 0.394 e. The average molecular weight is 277 g/mol. The monoisotopic (exact) mass is 276 g/mol. The van der Waals surface area contributed by atoms with E-state index in [0.717, 1.165) is 0 Å². The topological polar surface area (TPSA) is 85.6 Å². The van der Waals surface area contributed by atoms with E-state index in [1.165, 1.54) is 0 Å². The van der Waals surface area contributed by atoms with Crippen molar-refractivity contribution in [3.63, 3.8) is 0 Å². The molecule has 0 aliphatic heterocycles. The van der Waals surface area contributed by atoms with E-state index in [9.17, 15) is 0 Å². The smallest absolute Gasteiger partial charge is 0.140 e. The first-order chi connectivity index (χ1) is 7.17. The number of nitrogens with zero attached hydrogens (tertiary/aromatic N) is 1. The normalized spacial score (nSPS) is 11.5. The molecule has 0 saturated carbocycles. The van der Waals surface area contributed by atoms with Crippen LogP contribution in [0.5, 0.6) is 0 Å². The van der Waals surface area contributed by atoms with Crippen LogP contribution in [0.15, 0.2) is 22.8 Å². The summed E-state index contributed by atoms with van der Waals surface area (Å²) in [6.07, 6.45) is 1.57. The quantitative estimate of drug-likeness (QED) is 0.607. The number of pyridine rings is 1. The number of hydrogen-bond acceptors (Lipinski definition) is 5. The van der Waals surface area contributed by atoms with Gasteiger partial charge in [-0.1, -0.05) is 0 Å². The van der Waals surface area contributed by atoms with Crippen LogP contribution in [0, 0.1) is 0 Å². The summed E-state index contributed by atoms with van der Waals surface area (Å²) in [4.78, 5) is 4.02. The van der Waals surface area contributed by atoms with Crippen LogP contribution in [0.1, 0.15) is 0 Å². The lowest BCUT2D eigenvalue weighted by Crippen LogP contribution is -2.49. The summed E-state index contributed by atoms with van der Waals surface area (Å²) in [6.45, 7) is -1.16. The first-order valence-electron chi connectivity index (χ1n) is 4.39. The number of aromatic nitrogens is 1. The molecule has 1 heterocycles. The van der Waals surface area contributed by atoms with E-state index in [-0.39, 0.29) is 19.8 Å². The summed E-state index contributed by atoms with van der Waals surface area (Å²) < 4.78 is 0.699. The number of rotatable bonds is 5. The molecule has 0 radical (unpaired) electrons. The van der Waals surface area contributed by atoms with E-state index < -0.39 is 5.54 Å². The summed E-state index contributed by atoms with van der Waals surface area (Å²) in [5.41, 5.74) is -1.16. The first kappa shape index (κ1) is 12.4. The summed E-state index contributed by atoms with van der Waals surface area (Å²) in [6, 6.07) is 3.51. The molecule has 0 saturated heterocycles. The Labute approximate surface area is 95.9 Å². The van der Waals surface area contributed by atoms with Crippen molar-refractivity contribution in [3.8, 4) is 0 Å². The van der Waals surface area contributed by atoms with Crippen molar-refractivity contribution < 1.29 is 15.3 Å². The second kappa shape index (κ2) is 5.41. The maximum atomic E-state index is 9.10. The Morgan fingerprint density at radius 1 is 1.27 bits per heavy atom. The fraction of sp³-hybridized carbons (Fsp3) is 0.444. The lowest BCUT2D eigenvalue weighted by atomic mass is 10.0. The van der Waals surface area contributed by atoms with E-state index in [2.05, 4.69) is 26.2 Å². The molecule has 0 spiro atoms. The van der Waals surface area contributed by atoms with Crippen molar-refractivity contribution in [1.82, 2.24) is 4.98 Å². The standard InChI is InChI=1S/C9H13BrN2O3/c10-7-2-1-3-11-8(7)12-9(4-13,5-14)6-15/h1-3,13-15H,4-6H2,(H,11,12). The Morgan fingerprint density at radius 2 is 1.87 bits per heavy atom. The summed E-state index contributed by atoms with van der Waals surface area (Å²) >= 11 is 3.27. The van der Waals surface area contributed by atoms with Crippen molar-refractivity contribution in [2.45, 2.75) is 5.54 Å². The Morgan fingerprint density at radius 3 is 2.33 bits per heavy atom. The van der Waals surface area contributed by atoms with Gasteiger partial charge in [-0.05, 0) is 28.1 Å². The third-order valence-corrected chi connectivity index (χ3v) is 2.69. The SMILES string of the molecule is OCC(CO)(CO)Nc1ncccc1Br. The van der Waals surface area contributed by atoms with Gasteiger partial charge in [-0.3, -0.25) is 0 Å². The zero-order chi connectivity index (χ0) is 11.3. The minimum atomic E-state index is -1.16. The molecule has 0 fully saturated rings. The van der Waals surface area contributed by atoms with Crippen molar-refractivity contribution in [2.75, 3.05) is 25.1 Å². The highest BCUT2D eigenvalue weighted by Gasteiger charge is 2.28. The molecule has 0 unspecified atom stereocenters. The molecule has 6 heteroatoms. The van der Waals surface area contributed by atoms with Gasteiger partial charge in [-0.2, -0.15) is 0 Å². The Bertz CT molecular complexity index is 310. The molecule has 0 atom stereocenters. The van der Waals surface area contributed by atoms with Gasteiger partial charge in [0, 0.05) is 6.20 Å². The highest BCUT2D eigenvalue weighted by molar-refractivity contribution is 9.10. The van der Waals surface area contributed by atoms with Gasteiger partial charge < -0.3 is 20.6 Å². The molecule has 15 heavy (non-hydrogen) atoms. The maximum Gasteiger partial charge on any atom is 0.140 e. The summed E-state index contributed by atoms with van der Waals surface area (Å²) in [5, 5.41) is 30.1. The first-order valence-corrected chi connectivity index (χ1v) is 5.18. The minimum Gasteiger partial charge on any atom is -0.394 e. The van der Waals surface area contributed by atoms with E-state index in [1.807, 2.05) is 0 Å². The molecule has 1 aromatic rings.